The van der Waals surface area contributed by atoms with Gasteiger partial charge in [-0.15, -0.1) is 10.2 Å². The molecule has 2 amide bonds. The van der Waals surface area contributed by atoms with E-state index in [1.807, 2.05) is 60.0 Å². The van der Waals surface area contributed by atoms with Gasteiger partial charge in [0.25, 0.3) is 5.91 Å². The van der Waals surface area contributed by atoms with Crippen LogP contribution >= 0.6 is 11.8 Å². The highest BCUT2D eigenvalue weighted by Crippen LogP contribution is 2.32. The van der Waals surface area contributed by atoms with Gasteiger partial charge in [-0.3, -0.25) is 14.2 Å². The van der Waals surface area contributed by atoms with Crippen LogP contribution in [0.4, 0.5) is 5.69 Å². The second-order valence-corrected chi connectivity index (χ2v) is 11.9. The van der Waals surface area contributed by atoms with E-state index in [4.69, 9.17) is 4.74 Å². The summed E-state index contributed by atoms with van der Waals surface area (Å²) in [5, 5.41) is 15.6. The van der Waals surface area contributed by atoms with Crippen LogP contribution in [-0.2, 0) is 11.2 Å². The third-order valence-electron chi connectivity index (χ3n) is 7.38. The second kappa shape index (κ2) is 14.7. The molecule has 8 nitrogen and oxygen atoms in total. The molecular formula is C36H37N5O3S. The van der Waals surface area contributed by atoms with Crippen molar-refractivity contribution in [3.05, 3.63) is 119 Å². The van der Waals surface area contributed by atoms with Gasteiger partial charge in [0.05, 0.1) is 29.8 Å². The van der Waals surface area contributed by atoms with Gasteiger partial charge >= 0.3 is 0 Å². The van der Waals surface area contributed by atoms with E-state index in [0.717, 1.165) is 33.7 Å². The fourth-order valence-electron chi connectivity index (χ4n) is 4.96. The van der Waals surface area contributed by atoms with Gasteiger partial charge in [0.2, 0.25) is 5.91 Å². The molecular weight excluding hydrogens is 582 g/mol. The van der Waals surface area contributed by atoms with Crippen LogP contribution in [0, 0.1) is 6.92 Å². The summed E-state index contributed by atoms with van der Waals surface area (Å²) in [6.07, 6.45) is 0.673. The van der Waals surface area contributed by atoms with Gasteiger partial charge in [-0.25, -0.2) is 0 Å². The highest BCUT2D eigenvalue weighted by atomic mass is 32.2. The minimum Gasteiger partial charge on any atom is -0.497 e. The lowest BCUT2D eigenvalue weighted by molar-refractivity contribution is -0.113. The molecule has 0 radical (unpaired) electrons. The maximum absolute atomic E-state index is 13.2. The molecule has 230 valence electrons. The quantitative estimate of drug-likeness (QED) is 0.145. The van der Waals surface area contributed by atoms with Crippen LogP contribution in [0.3, 0.4) is 0 Å². The van der Waals surface area contributed by atoms with Gasteiger partial charge in [-0.1, -0.05) is 97.9 Å². The number of aromatic nitrogens is 3. The molecule has 0 aliphatic rings. The van der Waals surface area contributed by atoms with Crippen molar-refractivity contribution in [3.8, 4) is 22.8 Å². The van der Waals surface area contributed by atoms with E-state index in [2.05, 4.69) is 58.9 Å². The predicted molar refractivity (Wildman–Crippen MR) is 180 cm³/mol. The van der Waals surface area contributed by atoms with E-state index in [-0.39, 0.29) is 23.5 Å². The number of methoxy groups -OCH3 is 1. The summed E-state index contributed by atoms with van der Waals surface area (Å²) in [5.74, 6) is 1.36. The summed E-state index contributed by atoms with van der Waals surface area (Å²) < 4.78 is 7.24. The van der Waals surface area contributed by atoms with Crippen LogP contribution in [0.5, 0.6) is 5.75 Å². The normalized spacial score (nSPS) is 11.0. The third kappa shape index (κ3) is 7.80. The molecule has 0 aliphatic carbocycles. The Morgan fingerprint density at radius 1 is 0.889 bits per heavy atom. The van der Waals surface area contributed by atoms with Gasteiger partial charge in [0.15, 0.2) is 11.0 Å². The first-order chi connectivity index (χ1) is 21.8. The SMILES string of the molecule is COc1ccc(CCNC(=O)c2ccccc2NC(=O)CSc2nnc(-c3ccc(C)cc3)n2-c2ccccc2C(C)C)cc1. The van der Waals surface area contributed by atoms with Crippen molar-refractivity contribution in [2.45, 2.75) is 38.3 Å². The monoisotopic (exact) mass is 619 g/mol. The van der Waals surface area contributed by atoms with Crippen molar-refractivity contribution in [2.75, 3.05) is 24.7 Å². The van der Waals surface area contributed by atoms with Crippen LogP contribution in [0.15, 0.2) is 102 Å². The van der Waals surface area contributed by atoms with E-state index >= 15 is 0 Å². The Balaban J connectivity index is 1.29. The first-order valence-corrected chi connectivity index (χ1v) is 15.9. The number of rotatable bonds is 12. The summed E-state index contributed by atoms with van der Waals surface area (Å²) in [7, 11) is 1.63. The molecule has 0 saturated heterocycles. The van der Waals surface area contributed by atoms with Gasteiger partial charge < -0.3 is 15.4 Å². The molecule has 9 heteroatoms. The van der Waals surface area contributed by atoms with E-state index < -0.39 is 0 Å². The van der Waals surface area contributed by atoms with E-state index in [1.165, 1.54) is 11.8 Å². The second-order valence-electron chi connectivity index (χ2n) is 11.0. The number of carbonyl (C=O) groups is 2. The first-order valence-electron chi connectivity index (χ1n) is 14.9. The minimum atomic E-state index is -0.250. The largest absolute Gasteiger partial charge is 0.497 e. The number of nitrogens with one attached hydrogen (secondary N) is 2. The number of benzene rings is 4. The fraction of sp³-hybridized carbons (Fsp3) is 0.222. The third-order valence-corrected chi connectivity index (χ3v) is 8.31. The predicted octanol–water partition coefficient (Wildman–Crippen LogP) is 7.08. The zero-order valence-electron chi connectivity index (χ0n) is 25.9. The number of para-hydroxylation sites is 2. The molecule has 2 N–H and O–H groups in total. The molecule has 0 spiro atoms. The Bertz CT molecular complexity index is 1760. The summed E-state index contributed by atoms with van der Waals surface area (Å²) >= 11 is 1.30. The minimum absolute atomic E-state index is 0.0866. The number of anilines is 1. The number of nitrogens with zero attached hydrogens (tertiary/aromatic N) is 3. The first kappa shape index (κ1) is 31.5. The van der Waals surface area contributed by atoms with Crippen LogP contribution in [-0.4, -0.2) is 46.0 Å². The molecule has 5 aromatic rings. The maximum atomic E-state index is 13.2. The van der Waals surface area contributed by atoms with E-state index in [0.29, 0.717) is 35.2 Å². The number of aryl methyl sites for hydroxylation is 1. The van der Waals surface area contributed by atoms with Crippen LogP contribution in [0.25, 0.3) is 17.1 Å². The molecule has 5 rings (SSSR count). The Hall–Kier alpha value is -4.89. The summed E-state index contributed by atoms with van der Waals surface area (Å²) in [6, 6.07) is 31.1. The topological polar surface area (TPSA) is 98.1 Å². The highest BCUT2D eigenvalue weighted by molar-refractivity contribution is 7.99. The van der Waals surface area contributed by atoms with Crippen LogP contribution in [0.2, 0.25) is 0 Å². The van der Waals surface area contributed by atoms with Crippen molar-refractivity contribution < 1.29 is 14.3 Å². The van der Waals surface area contributed by atoms with Crippen LogP contribution < -0.4 is 15.4 Å². The van der Waals surface area contributed by atoms with Gasteiger partial charge in [-0.2, -0.15) is 0 Å². The number of hydrogen-bond acceptors (Lipinski definition) is 6. The van der Waals surface area contributed by atoms with E-state index in [1.54, 1.807) is 31.4 Å². The smallest absolute Gasteiger partial charge is 0.253 e. The molecule has 0 bridgehead atoms. The maximum Gasteiger partial charge on any atom is 0.253 e. The Morgan fingerprint density at radius 2 is 1.60 bits per heavy atom. The summed E-state index contributed by atoms with van der Waals surface area (Å²) in [5.41, 5.74) is 6.18. The van der Waals surface area contributed by atoms with Gasteiger partial charge in [0.1, 0.15) is 5.75 Å². The zero-order valence-corrected chi connectivity index (χ0v) is 26.7. The average molecular weight is 620 g/mol. The Labute approximate surface area is 268 Å². The molecule has 0 atom stereocenters. The highest BCUT2D eigenvalue weighted by Gasteiger charge is 2.21. The zero-order chi connectivity index (χ0) is 31.8. The average Bonchev–Trinajstić information content (AvgIpc) is 3.48. The Kier molecular flexibility index (Phi) is 10.3. The fourth-order valence-corrected chi connectivity index (χ4v) is 5.71. The van der Waals surface area contributed by atoms with Crippen molar-refractivity contribution in [1.82, 2.24) is 20.1 Å². The van der Waals surface area contributed by atoms with Crippen molar-refractivity contribution in [1.29, 1.82) is 0 Å². The van der Waals surface area contributed by atoms with Gasteiger partial charge in [0, 0.05) is 12.1 Å². The number of thioether (sulfide) groups is 1. The van der Waals surface area contributed by atoms with Crippen LogP contribution in [0.1, 0.15) is 46.8 Å². The van der Waals surface area contributed by atoms with Crippen molar-refractivity contribution in [3.63, 3.8) is 0 Å². The summed E-state index contributed by atoms with van der Waals surface area (Å²) in [6.45, 7) is 6.82. The molecule has 45 heavy (non-hydrogen) atoms. The molecule has 0 aliphatic heterocycles. The molecule has 1 aromatic heterocycles. The molecule has 0 saturated carbocycles. The number of carbonyl (C=O) groups excluding carboxylic acids is 2. The number of hydrogen-bond donors (Lipinski definition) is 2. The van der Waals surface area contributed by atoms with Crippen molar-refractivity contribution in [2.24, 2.45) is 0 Å². The molecule has 0 unspecified atom stereocenters. The molecule has 0 fully saturated rings. The standard InChI is InChI=1S/C36H37N5O3S/c1-24(2)29-9-6-8-12-32(29)41-34(27-17-13-25(3)14-18-27)39-40-36(41)45-23-33(42)38-31-11-7-5-10-30(31)35(43)37-22-21-26-15-19-28(44-4)20-16-26/h5-20,24H,21-23H2,1-4H3,(H,37,43)(H,38,42). The lowest BCUT2D eigenvalue weighted by atomic mass is 10.0. The lowest BCUT2D eigenvalue weighted by Crippen LogP contribution is -2.27. The lowest BCUT2D eigenvalue weighted by Gasteiger charge is -2.17. The van der Waals surface area contributed by atoms with E-state index in [9.17, 15) is 9.59 Å². The molecule has 4 aromatic carbocycles. The van der Waals surface area contributed by atoms with Crippen molar-refractivity contribution >= 4 is 29.3 Å². The Morgan fingerprint density at radius 3 is 2.33 bits per heavy atom. The molecule has 1 heterocycles. The number of amides is 2. The number of ether oxygens (including phenoxy) is 1. The summed E-state index contributed by atoms with van der Waals surface area (Å²) in [4.78, 5) is 26.3. The van der Waals surface area contributed by atoms with Gasteiger partial charge in [-0.05, 0) is 60.7 Å².